The summed E-state index contributed by atoms with van der Waals surface area (Å²) in [5.74, 6) is 21.9. The topological polar surface area (TPSA) is 0 Å². The van der Waals surface area contributed by atoms with Crippen LogP contribution in [0.4, 0.5) is 0 Å². The van der Waals surface area contributed by atoms with Crippen molar-refractivity contribution in [2.75, 3.05) is 0 Å². The van der Waals surface area contributed by atoms with Crippen molar-refractivity contribution in [3.63, 3.8) is 0 Å². The predicted octanol–water partition coefficient (Wildman–Crippen LogP) is 9.86. The molecule has 250 valence electrons. The van der Waals surface area contributed by atoms with Crippen molar-refractivity contribution in [2.45, 2.75) is 26.7 Å². The second kappa shape index (κ2) is 12.6. The number of aryl methyl sites for hydroxylation is 3. The first-order valence-electron chi connectivity index (χ1n) is 18.6. The Kier molecular flexibility index (Phi) is 7.38. The predicted molar refractivity (Wildman–Crippen MR) is 222 cm³/mol. The molecule has 0 spiro atoms. The maximum Gasteiger partial charge on any atom is 0.0724 e. The van der Waals surface area contributed by atoms with Gasteiger partial charge in [0.25, 0.3) is 0 Å². The molecular weight excluding hydrogens is 649 g/mol. The van der Waals surface area contributed by atoms with Crippen LogP contribution in [0.15, 0.2) is 146 Å². The molecule has 3 aliphatic carbocycles. The summed E-state index contributed by atoms with van der Waals surface area (Å²) in [7, 11) is 0. The van der Waals surface area contributed by atoms with Gasteiger partial charge < -0.3 is 0 Å². The Morgan fingerprint density at radius 2 is 0.870 bits per heavy atom. The summed E-state index contributed by atoms with van der Waals surface area (Å²) in [5, 5.41) is 4.82. The quantitative estimate of drug-likeness (QED) is 0.140. The lowest BCUT2D eigenvalue weighted by molar-refractivity contribution is 1.09. The zero-order valence-electron chi connectivity index (χ0n) is 30.4. The van der Waals surface area contributed by atoms with Gasteiger partial charge in [-0.25, -0.2) is 0 Å². The first-order valence-corrected chi connectivity index (χ1v) is 18.6. The Hall–Kier alpha value is -7.04. The minimum absolute atomic E-state index is 0.135. The fourth-order valence-corrected chi connectivity index (χ4v) is 8.37. The summed E-state index contributed by atoms with van der Waals surface area (Å²) in [6.07, 6.45) is 0. The minimum atomic E-state index is -0.135. The van der Waals surface area contributed by atoms with Crippen LogP contribution >= 0.6 is 0 Å². The second-order valence-corrected chi connectivity index (χ2v) is 14.5. The fourth-order valence-electron chi connectivity index (χ4n) is 8.37. The van der Waals surface area contributed by atoms with Crippen LogP contribution in [0.3, 0.4) is 0 Å². The standard InChI is InChI=1S/C54H34/c1-34-16-22-37(23-17-34)28-31-46-40-10-4-7-13-43(40)49-52(46)50-44-14-8-5-11-41(44)47(32-29-38-24-18-35(2)19-25-38)54(50)51-45-15-9-6-12-42(45)48(53(49)51)33-30-39-26-20-36(3)21-27-39/h4-27,46H,1-3H3/t46-/m0/s1. The van der Waals surface area contributed by atoms with Gasteiger partial charge in [0, 0.05) is 44.2 Å². The maximum absolute atomic E-state index is 3.82. The highest BCUT2D eigenvalue weighted by Crippen LogP contribution is 2.49. The van der Waals surface area contributed by atoms with E-state index in [1.54, 1.807) is 0 Å². The third kappa shape index (κ3) is 5.07. The van der Waals surface area contributed by atoms with E-state index in [1.165, 1.54) is 76.5 Å². The number of rotatable bonds is 0. The zero-order chi connectivity index (χ0) is 36.3. The molecule has 54 heavy (non-hydrogen) atoms. The molecule has 0 N–H and O–H groups in total. The van der Waals surface area contributed by atoms with E-state index < -0.39 is 0 Å². The van der Waals surface area contributed by atoms with E-state index in [9.17, 15) is 0 Å². The molecule has 0 bridgehead atoms. The molecule has 7 aromatic rings. The van der Waals surface area contributed by atoms with Crippen LogP contribution in [0.2, 0.25) is 0 Å². The van der Waals surface area contributed by atoms with E-state index in [2.05, 4.69) is 202 Å². The summed E-state index contributed by atoms with van der Waals surface area (Å²) in [5.41, 5.74) is 18.6. The van der Waals surface area contributed by atoms with Gasteiger partial charge in [-0.3, -0.25) is 0 Å². The molecule has 0 amide bonds. The third-order valence-corrected chi connectivity index (χ3v) is 11.0. The summed E-state index contributed by atoms with van der Waals surface area (Å²) >= 11 is 0. The second-order valence-electron chi connectivity index (χ2n) is 14.5. The highest BCUT2D eigenvalue weighted by atomic mass is 14.4. The summed E-state index contributed by atoms with van der Waals surface area (Å²) in [6.45, 7) is 6.34. The molecule has 7 aromatic carbocycles. The summed E-state index contributed by atoms with van der Waals surface area (Å²) in [4.78, 5) is 0. The molecule has 0 heterocycles. The van der Waals surface area contributed by atoms with Crippen molar-refractivity contribution in [3.8, 4) is 57.8 Å². The average molecular weight is 683 g/mol. The lowest BCUT2D eigenvalue weighted by Gasteiger charge is -2.14. The van der Waals surface area contributed by atoms with Crippen LogP contribution in [0, 0.1) is 66.7 Å². The summed E-state index contributed by atoms with van der Waals surface area (Å²) < 4.78 is 0. The first kappa shape index (κ1) is 31.7. The molecule has 1 atom stereocenters. The van der Waals surface area contributed by atoms with Crippen LogP contribution in [0.5, 0.6) is 0 Å². The maximum atomic E-state index is 3.82. The van der Waals surface area contributed by atoms with E-state index in [0.717, 1.165) is 33.4 Å². The van der Waals surface area contributed by atoms with Gasteiger partial charge in [0.05, 0.1) is 5.92 Å². The normalized spacial score (nSPS) is 13.5. The molecule has 3 aliphatic rings. The van der Waals surface area contributed by atoms with Gasteiger partial charge in [-0.15, -0.1) is 0 Å². The molecular formula is C54H34. The van der Waals surface area contributed by atoms with Gasteiger partial charge in [-0.2, -0.15) is 0 Å². The van der Waals surface area contributed by atoms with Gasteiger partial charge in [0.2, 0.25) is 0 Å². The molecule has 0 aromatic heterocycles. The average Bonchev–Trinajstić information content (AvgIpc) is 3.83. The van der Waals surface area contributed by atoms with Crippen molar-refractivity contribution in [2.24, 2.45) is 0 Å². The number of hydrogen-bond donors (Lipinski definition) is 0. The Morgan fingerprint density at radius 1 is 0.370 bits per heavy atom. The van der Waals surface area contributed by atoms with Gasteiger partial charge >= 0.3 is 0 Å². The fraction of sp³-hybridized carbons (Fsp3) is 0.0741. The highest BCUT2D eigenvalue weighted by molar-refractivity contribution is 6.06. The smallest absolute Gasteiger partial charge is 0.0724 e. The Morgan fingerprint density at radius 3 is 1.50 bits per heavy atom. The number of benzene rings is 7. The zero-order valence-corrected chi connectivity index (χ0v) is 30.4. The van der Waals surface area contributed by atoms with Crippen molar-refractivity contribution < 1.29 is 0 Å². The molecule has 10 rings (SSSR count). The minimum Gasteiger partial charge on any atom is -0.0848 e. The molecule has 0 saturated heterocycles. The van der Waals surface area contributed by atoms with Crippen molar-refractivity contribution in [1.82, 2.24) is 0 Å². The van der Waals surface area contributed by atoms with Crippen LogP contribution in [-0.2, 0) is 0 Å². The SMILES string of the molecule is Cc1ccc(C#CC2=c3c(c4c(c5c3-c3ccccc3[C@@H]5C#Cc3ccc(C)cc3)=c3ccccc3=C4C#Cc3ccc(C)cc3)-c3ccccc32)cc1. The molecule has 0 radical (unpaired) electrons. The van der Waals surface area contributed by atoms with E-state index in [4.69, 9.17) is 0 Å². The molecule has 0 aliphatic heterocycles. The molecule has 0 unspecified atom stereocenters. The lowest BCUT2D eigenvalue weighted by atomic mass is 9.86. The largest absolute Gasteiger partial charge is 0.0848 e. The van der Waals surface area contributed by atoms with Gasteiger partial charge in [0.1, 0.15) is 0 Å². The van der Waals surface area contributed by atoms with Gasteiger partial charge in [-0.1, -0.05) is 161 Å². The Balaban J connectivity index is 1.37. The van der Waals surface area contributed by atoms with Crippen LogP contribution < -0.4 is 10.4 Å². The van der Waals surface area contributed by atoms with E-state index in [1.807, 2.05) is 0 Å². The number of fused-ring (bicyclic) bond motifs is 11. The van der Waals surface area contributed by atoms with E-state index in [-0.39, 0.29) is 5.92 Å². The van der Waals surface area contributed by atoms with Crippen molar-refractivity contribution in [3.05, 3.63) is 222 Å². The molecule has 0 heteroatoms. The first-order chi connectivity index (χ1) is 26.5. The lowest BCUT2D eigenvalue weighted by Crippen LogP contribution is -2.14. The monoisotopic (exact) mass is 682 g/mol. The number of hydrogen-bond acceptors (Lipinski definition) is 0. The van der Waals surface area contributed by atoms with E-state index in [0.29, 0.717) is 0 Å². The van der Waals surface area contributed by atoms with Crippen LogP contribution in [-0.4, -0.2) is 0 Å². The third-order valence-electron chi connectivity index (χ3n) is 11.0. The molecule has 0 fully saturated rings. The van der Waals surface area contributed by atoms with Crippen LogP contribution in [0.25, 0.3) is 33.4 Å². The van der Waals surface area contributed by atoms with Crippen LogP contribution in [0.1, 0.15) is 61.6 Å². The van der Waals surface area contributed by atoms with E-state index >= 15 is 0 Å². The Bertz CT molecular complexity index is 3160. The highest BCUT2D eigenvalue weighted by Gasteiger charge is 2.37. The molecule has 0 nitrogen and oxygen atoms in total. The van der Waals surface area contributed by atoms with Gasteiger partial charge in [0.15, 0.2) is 0 Å². The van der Waals surface area contributed by atoms with Gasteiger partial charge in [-0.05, 0) is 106 Å². The van der Waals surface area contributed by atoms with Crippen molar-refractivity contribution >= 4 is 11.1 Å². The van der Waals surface area contributed by atoms with Crippen molar-refractivity contribution in [1.29, 1.82) is 0 Å². The molecule has 0 saturated carbocycles. The Labute approximate surface area is 316 Å². The summed E-state index contributed by atoms with van der Waals surface area (Å²) in [6, 6.07) is 52.0.